The Kier molecular flexibility index (Phi) is 10.9. The van der Waals surface area contributed by atoms with Gasteiger partial charge in [0.1, 0.15) is 17.5 Å². The van der Waals surface area contributed by atoms with Crippen LogP contribution in [0, 0.1) is 0 Å². The zero-order valence-electron chi connectivity index (χ0n) is 47.9. The Bertz CT molecular complexity index is 5150. The van der Waals surface area contributed by atoms with Crippen LogP contribution in [-0.4, -0.2) is 28.7 Å². The average Bonchev–Trinajstić information content (AvgIpc) is 2.29. The summed E-state index contributed by atoms with van der Waals surface area (Å²) >= 11 is 0. The molecule has 0 N–H and O–H groups in total. The predicted molar refractivity (Wildman–Crippen MR) is 348 cm³/mol. The standard InChI is InChI=1S/3C26H20N2/c1-26(2)20-11-5-3-10-19(20)24-21(26)15-14-18-17-9-4-6-12-22(17)28(25(18)24)23-13-7-8-16-27-23;1-26(2)20-11-5-3-9-17(20)18-14-15-22-24(25(18)26)19-10-4-6-12-21(19)28(22)23-13-7-8-16-27-23;1-26(2)19-11-5-3-9-17(19)24-20(26)14-15-22-25(24)18-10-4-6-12-21(18)28(22)23-13-7-8-16-27-23/h3*3-16H,1-2H3. The Morgan fingerprint density at radius 1 is 0.262 bits per heavy atom. The molecule has 0 radical (unpaired) electrons. The van der Waals surface area contributed by atoms with E-state index in [0.29, 0.717) is 0 Å². The first kappa shape index (κ1) is 49.6. The van der Waals surface area contributed by atoms with Crippen molar-refractivity contribution >= 4 is 65.4 Å². The molecule has 0 spiro atoms. The molecule has 0 amide bonds. The van der Waals surface area contributed by atoms with Gasteiger partial charge in [0.25, 0.3) is 0 Å². The van der Waals surface area contributed by atoms with Crippen LogP contribution in [0.25, 0.3) is 116 Å². The highest BCUT2D eigenvalue weighted by atomic mass is 15.1. The SMILES string of the molecule is CC1(C)c2ccccc2-c2c1ccc1c2c2ccccc2n1-c1ccccn1.CC1(C)c2ccccc2-c2c1ccc1c3ccccc3n(-c3ccccn3)c21.CC1(C)c2ccccc2-c2ccc3c(c21)c1ccccc1n3-c1ccccn1. The van der Waals surface area contributed by atoms with Gasteiger partial charge in [-0.05, 0) is 128 Å². The summed E-state index contributed by atoms with van der Waals surface area (Å²) in [6, 6.07) is 84.6. The second-order valence-corrected chi connectivity index (χ2v) is 24.3. The summed E-state index contributed by atoms with van der Waals surface area (Å²) in [4.78, 5) is 14.0. The lowest BCUT2D eigenvalue weighted by Gasteiger charge is -2.22. The first-order valence-electron chi connectivity index (χ1n) is 29.3. The Labute approximate surface area is 488 Å². The smallest absolute Gasteiger partial charge is 0.137 e. The lowest BCUT2D eigenvalue weighted by Crippen LogP contribution is -2.15. The summed E-state index contributed by atoms with van der Waals surface area (Å²) in [6.45, 7) is 14.0. The van der Waals surface area contributed by atoms with Crippen LogP contribution < -0.4 is 0 Å². The van der Waals surface area contributed by atoms with Crippen molar-refractivity contribution in [2.75, 3.05) is 0 Å². The van der Waals surface area contributed by atoms with E-state index in [0.717, 1.165) is 17.5 Å². The van der Waals surface area contributed by atoms with Crippen molar-refractivity contribution < 1.29 is 0 Å². The molecule has 3 aliphatic rings. The van der Waals surface area contributed by atoms with Gasteiger partial charge in [-0.3, -0.25) is 13.7 Å². The summed E-state index contributed by atoms with van der Waals surface area (Å²) < 4.78 is 6.92. The first-order valence-corrected chi connectivity index (χ1v) is 29.3. The average molecular weight is 1080 g/mol. The fraction of sp³-hybridized carbons (Fsp3) is 0.115. The van der Waals surface area contributed by atoms with Gasteiger partial charge in [-0.25, -0.2) is 15.0 Å². The van der Waals surface area contributed by atoms with Crippen molar-refractivity contribution in [1.82, 2.24) is 28.7 Å². The van der Waals surface area contributed by atoms with Crippen molar-refractivity contribution in [3.63, 3.8) is 0 Å². The minimum absolute atomic E-state index is 0.00825. The highest BCUT2D eigenvalue weighted by Gasteiger charge is 2.40. The number of aromatic nitrogens is 6. The van der Waals surface area contributed by atoms with Gasteiger partial charge in [-0.1, -0.05) is 211 Å². The molecule has 0 saturated carbocycles. The molecule has 3 aliphatic carbocycles. The maximum atomic E-state index is 4.70. The fourth-order valence-corrected chi connectivity index (χ4v) is 15.0. The molecule has 0 aliphatic heterocycles. The van der Waals surface area contributed by atoms with Gasteiger partial charge in [0.05, 0.1) is 33.1 Å². The number of fused-ring (bicyclic) bond motifs is 21. The molecule has 0 unspecified atom stereocenters. The molecule has 0 saturated heterocycles. The zero-order valence-corrected chi connectivity index (χ0v) is 47.9. The van der Waals surface area contributed by atoms with E-state index >= 15 is 0 Å². The summed E-state index contributed by atoms with van der Waals surface area (Å²) in [5, 5.41) is 7.81. The van der Waals surface area contributed by atoms with Gasteiger partial charge in [-0.15, -0.1) is 0 Å². The summed E-state index contributed by atoms with van der Waals surface area (Å²) in [5.74, 6) is 2.88. The lowest BCUT2D eigenvalue weighted by molar-refractivity contribution is 0.660. The molecule has 6 aromatic heterocycles. The quantitative estimate of drug-likeness (QED) is 0.177. The van der Waals surface area contributed by atoms with Gasteiger partial charge in [0, 0.05) is 72.7 Å². The summed E-state index contributed by atoms with van der Waals surface area (Å²) in [6.07, 6.45) is 5.60. The van der Waals surface area contributed by atoms with Crippen LogP contribution >= 0.6 is 0 Å². The number of hydrogen-bond donors (Lipinski definition) is 0. The third-order valence-corrected chi connectivity index (χ3v) is 18.8. The number of hydrogen-bond acceptors (Lipinski definition) is 3. The van der Waals surface area contributed by atoms with E-state index in [4.69, 9.17) is 4.98 Å². The molecule has 0 bridgehead atoms. The minimum atomic E-state index is -0.0372. The third-order valence-electron chi connectivity index (χ3n) is 18.8. The summed E-state index contributed by atoms with van der Waals surface area (Å²) in [5.41, 5.74) is 23.9. The normalized spacial score (nSPS) is 14.4. The minimum Gasteiger partial charge on any atom is -0.294 e. The lowest BCUT2D eigenvalue weighted by atomic mass is 9.80. The fourth-order valence-electron chi connectivity index (χ4n) is 15.0. The Balaban J connectivity index is 0.000000103. The molecule has 15 aromatic rings. The molecule has 402 valence electrons. The van der Waals surface area contributed by atoms with E-state index in [9.17, 15) is 0 Å². The highest BCUT2D eigenvalue weighted by molar-refractivity contribution is 6.19. The first-order chi connectivity index (χ1) is 41.0. The van der Waals surface area contributed by atoms with E-state index in [1.54, 1.807) is 0 Å². The van der Waals surface area contributed by atoms with Crippen molar-refractivity contribution in [3.8, 4) is 50.8 Å². The Morgan fingerprint density at radius 2 is 0.667 bits per heavy atom. The van der Waals surface area contributed by atoms with Crippen molar-refractivity contribution in [1.29, 1.82) is 0 Å². The molecule has 84 heavy (non-hydrogen) atoms. The van der Waals surface area contributed by atoms with E-state index in [2.05, 4.69) is 284 Å². The second kappa shape index (κ2) is 18.4. The highest BCUT2D eigenvalue weighted by Crippen LogP contribution is 2.56. The number of rotatable bonds is 3. The van der Waals surface area contributed by atoms with Gasteiger partial charge in [0.2, 0.25) is 0 Å². The van der Waals surface area contributed by atoms with E-state index in [-0.39, 0.29) is 16.2 Å². The van der Waals surface area contributed by atoms with Crippen LogP contribution in [0.5, 0.6) is 0 Å². The zero-order chi connectivity index (χ0) is 56.6. The molecular formula is C78H60N6. The molecular weight excluding hydrogens is 1020 g/mol. The van der Waals surface area contributed by atoms with Crippen LogP contribution in [0.15, 0.2) is 255 Å². The topological polar surface area (TPSA) is 53.5 Å². The maximum absolute atomic E-state index is 4.70. The van der Waals surface area contributed by atoms with E-state index in [1.165, 1.54) is 132 Å². The molecule has 6 nitrogen and oxygen atoms in total. The van der Waals surface area contributed by atoms with E-state index < -0.39 is 0 Å². The van der Waals surface area contributed by atoms with Gasteiger partial charge < -0.3 is 0 Å². The number of para-hydroxylation sites is 3. The maximum Gasteiger partial charge on any atom is 0.137 e. The van der Waals surface area contributed by atoms with Crippen molar-refractivity contribution in [2.45, 2.75) is 57.8 Å². The number of nitrogens with zero attached hydrogens (tertiary/aromatic N) is 6. The number of benzene rings is 9. The van der Waals surface area contributed by atoms with E-state index in [1.807, 2.05) is 36.8 Å². The van der Waals surface area contributed by atoms with Crippen molar-refractivity contribution in [3.05, 3.63) is 289 Å². The van der Waals surface area contributed by atoms with Gasteiger partial charge in [0.15, 0.2) is 0 Å². The van der Waals surface area contributed by atoms with Gasteiger partial charge in [-0.2, -0.15) is 0 Å². The van der Waals surface area contributed by atoms with Crippen LogP contribution in [-0.2, 0) is 16.2 Å². The largest absolute Gasteiger partial charge is 0.294 e. The molecule has 6 heteroatoms. The van der Waals surface area contributed by atoms with Crippen LogP contribution in [0.3, 0.4) is 0 Å². The Morgan fingerprint density at radius 3 is 1.23 bits per heavy atom. The monoisotopic (exact) mass is 1080 g/mol. The van der Waals surface area contributed by atoms with Crippen LogP contribution in [0.1, 0.15) is 74.9 Å². The summed E-state index contributed by atoms with van der Waals surface area (Å²) in [7, 11) is 0. The molecule has 0 fully saturated rings. The predicted octanol–water partition coefficient (Wildman–Crippen LogP) is 19.5. The molecule has 6 heterocycles. The second-order valence-electron chi connectivity index (χ2n) is 24.3. The number of pyridine rings is 3. The Hall–Kier alpha value is -10.2. The molecule has 0 atom stereocenters. The van der Waals surface area contributed by atoms with Crippen LogP contribution in [0.4, 0.5) is 0 Å². The third kappa shape index (κ3) is 7.00. The van der Waals surface area contributed by atoms with Crippen molar-refractivity contribution in [2.24, 2.45) is 0 Å². The van der Waals surface area contributed by atoms with Crippen LogP contribution in [0.2, 0.25) is 0 Å². The molecule has 18 rings (SSSR count). The molecule has 9 aromatic carbocycles. The van der Waals surface area contributed by atoms with Gasteiger partial charge >= 0.3 is 0 Å².